The zero-order valence-electron chi connectivity index (χ0n) is 22.5. The average Bonchev–Trinajstić information content (AvgIpc) is 3.01. The van der Waals surface area contributed by atoms with E-state index in [4.69, 9.17) is 16.3 Å². The van der Waals surface area contributed by atoms with Gasteiger partial charge in [-0.05, 0) is 34.9 Å². The zero-order valence-corrected chi connectivity index (χ0v) is 24.1. The maximum Gasteiger partial charge on any atom is 0.260 e. The minimum Gasteiger partial charge on any atom is -0.482 e. The summed E-state index contributed by atoms with van der Waals surface area (Å²) in [5.41, 5.74) is 3.28. The van der Waals surface area contributed by atoms with E-state index in [1.54, 1.807) is 4.90 Å². The number of rotatable bonds is 10. The van der Waals surface area contributed by atoms with Crippen molar-refractivity contribution >= 4 is 27.5 Å². The Morgan fingerprint density at radius 1 is 0.805 bits per heavy atom. The van der Waals surface area contributed by atoms with Crippen LogP contribution in [-0.2, 0) is 21.4 Å². The third-order valence-corrected chi connectivity index (χ3v) is 8.83. The van der Waals surface area contributed by atoms with E-state index in [0.717, 1.165) is 18.7 Å². The summed E-state index contributed by atoms with van der Waals surface area (Å²) in [7, 11) is -3.77. The number of nitrogens with one attached hydrogen (secondary N) is 1. The van der Waals surface area contributed by atoms with Crippen molar-refractivity contribution in [3.8, 4) is 5.75 Å². The molecule has 0 unspecified atom stereocenters. The molecule has 7 nitrogen and oxygen atoms in total. The third-order valence-electron chi connectivity index (χ3n) is 7.14. The summed E-state index contributed by atoms with van der Waals surface area (Å²) >= 11 is 6.34. The van der Waals surface area contributed by atoms with Crippen molar-refractivity contribution in [3.05, 3.63) is 131 Å². The minimum atomic E-state index is -3.77. The predicted octanol–water partition coefficient (Wildman–Crippen LogP) is 5.13. The lowest BCUT2D eigenvalue weighted by molar-refractivity contribution is -0.135. The van der Waals surface area contributed by atoms with E-state index in [0.29, 0.717) is 13.1 Å². The van der Waals surface area contributed by atoms with Gasteiger partial charge in [-0.15, -0.1) is 0 Å². The summed E-state index contributed by atoms with van der Waals surface area (Å²) in [6.45, 7) is 2.59. The fourth-order valence-corrected chi connectivity index (χ4v) is 6.31. The second kappa shape index (κ2) is 13.3. The maximum atomic E-state index is 13.0. The highest BCUT2D eigenvalue weighted by Crippen LogP contribution is 2.30. The lowest BCUT2D eigenvalue weighted by atomic mass is 9.96. The zero-order chi connectivity index (χ0) is 28.7. The molecule has 1 N–H and O–H groups in total. The van der Waals surface area contributed by atoms with Crippen LogP contribution in [0.15, 0.2) is 114 Å². The quantitative estimate of drug-likeness (QED) is 0.277. The summed E-state index contributed by atoms with van der Waals surface area (Å²) in [5, 5.41) is 0.124. The molecule has 1 saturated heterocycles. The number of hydrogen-bond donors (Lipinski definition) is 1. The first-order chi connectivity index (χ1) is 19.9. The van der Waals surface area contributed by atoms with Gasteiger partial charge in [0, 0.05) is 32.7 Å². The molecule has 0 atom stereocenters. The Kier molecular flexibility index (Phi) is 9.36. The standard InChI is InChI=1S/C32H32ClN3O4S/c33-29-22-28(41(38,39)34-23-25-10-4-1-5-11-25)16-17-30(29)40-24-31(37)35-18-20-36(21-19-35)32(26-12-6-2-7-13-26)27-14-8-3-9-15-27/h1-17,22,32,34H,18-21,23-24H2. The number of carbonyl (C=O) groups is 1. The molecule has 1 fully saturated rings. The summed E-state index contributed by atoms with van der Waals surface area (Å²) < 4.78 is 33.7. The van der Waals surface area contributed by atoms with Crippen LogP contribution in [0.5, 0.6) is 5.75 Å². The van der Waals surface area contributed by atoms with Gasteiger partial charge in [-0.3, -0.25) is 9.69 Å². The fourth-order valence-electron chi connectivity index (χ4n) is 4.97. The van der Waals surface area contributed by atoms with Crippen LogP contribution >= 0.6 is 11.6 Å². The Morgan fingerprint density at radius 3 is 1.93 bits per heavy atom. The Hall–Kier alpha value is -3.69. The molecular weight excluding hydrogens is 558 g/mol. The largest absolute Gasteiger partial charge is 0.482 e. The van der Waals surface area contributed by atoms with Crippen LogP contribution in [0, 0.1) is 0 Å². The first kappa shape index (κ1) is 28.8. The van der Waals surface area contributed by atoms with Crippen molar-refractivity contribution in [1.82, 2.24) is 14.5 Å². The summed E-state index contributed by atoms with van der Waals surface area (Å²) in [6.07, 6.45) is 0. The number of amides is 1. The Balaban J connectivity index is 1.16. The fraction of sp³-hybridized carbons (Fsp3) is 0.219. The van der Waals surface area contributed by atoms with Crippen LogP contribution in [0.25, 0.3) is 0 Å². The molecule has 0 saturated carbocycles. The normalized spacial score (nSPS) is 14.2. The van der Waals surface area contributed by atoms with Crippen LogP contribution in [0.2, 0.25) is 5.02 Å². The highest BCUT2D eigenvalue weighted by Gasteiger charge is 2.28. The number of sulfonamides is 1. The molecule has 1 aliphatic rings. The van der Waals surface area contributed by atoms with Crippen molar-refractivity contribution in [2.75, 3.05) is 32.8 Å². The Bertz CT molecular complexity index is 1510. The third kappa shape index (κ3) is 7.34. The lowest BCUT2D eigenvalue weighted by Gasteiger charge is -2.39. The van der Waals surface area contributed by atoms with Crippen molar-refractivity contribution in [1.29, 1.82) is 0 Å². The first-order valence-electron chi connectivity index (χ1n) is 13.5. The molecule has 1 aliphatic heterocycles. The van der Waals surface area contributed by atoms with Gasteiger partial charge in [-0.25, -0.2) is 13.1 Å². The number of piperazine rings is 1. The van der Waals surface area contributed by atoms with Crippen molar-refractivity contribution in [2.24, 2.45) is 0 Å². The smallest absolute Gasteiger partial charge is 0.260 e. The van der Waals surface area contributed by atoms with Gasteiger partial charge in [0.25, 0.3) is 5.91 Å². The number of nitrogens with zero attached hydrogens (tertiary/aromatic N) is 2. The van der Waals surface area contributed by atoms with Gasteiger partial charge < -0.3 is 9.64 Å². The molecule has 4 aromatic carbocycles. The molecule has 0 aromatic heterocycles. The molecule has 9 heteroatoms. The van der Waals surface area contributed by atoms with Crippen molar-refractivity contribution < 1.29 is 17.9 Å². The van der Waals surface area contributed by atoms with E-state index in [1.807, 2.05) is 42.5 Å². The van der Waals surface area contributed by atoms with Crippen LogP contribution in [0.3, 0.4) is 0 Å². The van der Waals surface area contributed by atoms with Gasteiger partial charge in [-0.2, -0.15) is 0 Å². The highest BCUT2D eigenvalue weighted by molar-refractivity contribution is 7.89. The average molecular weight is 590 g/mol. The van der Waals surface area contributed by atoms with Gasteiger partial charge in [0.15, 0.2) is 6.61 Å². The minimum absolute atomic E-state index is 0.0274. The van der Waals surface area contributed by atoms with E-state index in [9.17, 15) is 13.2 Å². The molecular formula is C32H32ClN3O4S. The number of ether oxygens (including phenoxy) is 1. The molecule has 0 bridgehead atoms. The van der Waals surface area contributed by atoms with Crippen LogP contribution < -0.4 is 9.46 Å². The lowest BCUT2D eigenvalue weighted by Crippen LogP contribution is -2.51. The number of benzene rings is 4. The van der Waals surface area contributed by atoms with Crippen LogP contribution in [0.4, 0.5) is 0 Å². The van der Waals surface area contributed by atoms with E-state index in [2.05, 4.69) is 58.2 Å². The number of hydrogen-bond acceptors (Lipinski definition) is 5. The van der Waals surface area contributed by atoms with Gasteiger partial charge >= 0.3 is 0 Å². The highest BCUT2D eigenvalue weighted by atomic mass is 35.5. The second-order valence-corrected chi connectivity index (χ2v) is 12.0. The molecule has 1 heterocycles. The maximum absolute atomic E-state index is 13.0. The van der Waals surface area contributed by atoms with E-state index >= 15 is 0 Å². The van der Waals surface area contributed by atoms with E-state index in [1.165, 1.54) is 29.3 Å². The first-order valence-corrected chi connectivity index (χ1v) is 15.3. The van der Waals surface area contributed by atoms with Gasteiger partial charge in [0.1, 0.15) is 5.75 Å². The topological polar surface area (TPSA) is 78.9 Å². The van der Waals surface area contributed by atoms with Gasteiger partial charge in [-0.1, -0.05) is 103 Å². The van der Waals surface area contributed by atoms with E-state index in [-0.39, 0.29) is 40.8 Å². The molecule has 4 aromatic rings. The van der Waals surface area contributed by atoms with Crippen LogP contribution in [0.1, 0.15) is 22.7 Å². The van der Waals surface area contributed by atoms with Crippen molar-refractivity contribution in [2.45, 2.75) is 17.5 Å². The number of halogens is 1. The predicted molar refractivity (Wildman–Crippen MR) is 160 cm³/mol. The molecule has 41 heavy (non-hydrogen) atoms. The van der Waals surface area contributed by atoms with Gasteiger partial charge in [0.2, 0.25) is 10.0 Å². The second-order valence-electron chi connectivity index (χ2n) is 9.83. The van der Waals surface area contributed by atoms with E-state index < -0.39 is 10.0 Å². The molecule has 1 amide bonds. The van der Waals surface area contributed by atoms with Gasteiger partial charge in [0.05, 0.1) is 16.0 Å². The summed E-state index contributed by atoms with van der Waals surface area (Å²) in [4.78, 5) is 17.2. The SMILES string of the molecule is O=C(COc1ccc(S(=O)(=O)NCc2ccccc2)cc1Cl)N1CCN(C(c2ccccc2)c2ccccc2)CC1. The van der Waals surface area contributed by atoms with Crippen molar-refractivity contribution in [3.63, 3.8) is 0 Å². The molecule has 0 aliphatic carbocycles. The summed E-state index contributed by atoms with van der Waals surface area (Å²) in [6, 6.07) is 34.4. The molecule has 212 valence electrons. The Labute approximate surface area is 246 Å². The summed E-state index contributed by atoms with van der Waals surface area (Å²) in [5.74, 6) is 0.117. The molecule has 0 radical (unpaired) electrons. The van der Waals surface area contributed by atoms with Crippen LogP contribution in [-0.4, -0.2) is 56.9 Å². The molecule has 0 spiro atoms. The monoisotopic (exact) mass is 589 g/mol. The molecule has 5 rings (SSSR count). The Morgan fingerprint density at radius 2 is 1.37 bits per heavy atom. The number of carbonyl (C=O) groups excluding carboxylic acids is 1.